The lowest BCUT2D eigenvalue weighted by Gasteiger charge is -2.10. The minimum atomic E-state index is -0.832. The summed E-state index contributed by atoms with van der Waals surface area (Å²) in [6.07, 6.45) is 2.20. The maximum atomic E-state index is 13.5. The Bertz CT molecular complexity index is 603. The number of rotatable bonds is 5. The molecule has 0 saturated heterocycles. The van der Waals surface area contributed by atoms with Crippen molar-refractivity contribution in [3.05, 3.63) is 41.8 Å². The maximum Gasteiger partial charge on any atom is 0.316 e. The van der Waals surface area contributed by atoms with Crippen LogP contribution < -0.4 is 0 Å². The first-order valence-electron chi connectivity index (χ1n) is 5.99. The SMILES string of the molecule is CCC(SCc1cc(F)cc2cccnc12)C(=O)O. The number of carboxylic acids is 1. The molecule has 2 aromatic rings. The summed E-state index contributed by atoms with van der Waals surface area (Å²) in [5.74, 6) is -0.712. The van der Waals surface area contributed by atoms with Crippen LogP contribution in [-0.4, -0.2) is 21.3 Å². The quantitative estimate of drug-likeness (QED) is 0.910. The van der Waals surface area contributed by atoms with Crippen molar-refractivity contribution in [1.82, 2.24) is 4.98 Å². The fourth-order valence-corrected chi connectivity index (χ4v) is 2.87. The molecule has 1 aromatic carbocycles. The van der Waals surface area contributed by atoms with Crippen LogP contribution in [0.25, 0.3) is 10.9 Å². The van der Waals surface area contributed by atoms with Crippen LogP contribution in [0.15, 0.2) is 30.5 Å². The van der Waals surface area contributed by atoms with Crippen molar-refractivity contribution < 1.29 is 14.3 Å². The van der Waals surface area contributed by atoms with Gasteiger partial charge in [0.15, 0.2) is 0 Å². The average molecular weight is 279 g/mol. The van der Waals surface area contributed by atoms with Gasteiger partial charge in [0.25, 0.3) is 0 Å². The van der Waals surface area contributed by atoms with E-state index in [0.29, 0.717) is 12.2 Å². The number of aliphatic carboxylic acids is 1. The van der Waals surface area contributed by atoms with Crippen LogP contribution in [0.2, 0.25) is 0 Å². The summed E-state index contributed by atoms with van der Waals surface area (Å²) in [5, 5.41) is 9.28. The van der Waals surface area contributed by atoms with Gasteiger partial charge < -0.3 is 5.11 Å². The minimum Gasteiger partial charge on any atom is -0.480 e. The van der Waals surface area contributed by atoms with Crippen molar-refractivity contribution in [3.8, 4) is 0 Å². The third-order valence-electron chi connectivity index (χ3n) is 2.83. The number of benzene rings is 1. The van der Waals surface area contributed by atoms with Crippen LogP contribution in [0.3, 0.4) is 0 Å². The number of hydrogen-bond acceptors (Lipinski definition) is 3. The summed E-state index contributed by atoms with van der Waals surface area (Å²) in [7, 11) is 0. The first-order chi connectivity index (χ1) is 9.11. The Morgan fingerprint density at radius 2 is 2.32 bits per heavy atom. The molecule has 0 aliphatic heterocycles. The van der Waals surface area contributed by atoms with Crippen LogP contribution in [0.1, 0.15) is 18.9 Å². The van der Waals surface area contributed by atoms with Gasteiger partial charge in [0, 0.05) is 17.3 Å². The second-order valence-electron chi connectivity index (χ2n) is 4.19. The molecule has 0 fully saturated rings. The van der Waals surface area contributed by atoms with Crippen LogP contribution in [0.5, 0.6) is 0 Å². The Morgan fingerprint density at radius 3 is 3.00 bits per heavy atom. The van der Waals surface area contributed by atoms with Gasteiger partial charge in [-0.05, 0) is 30.2 Å². The third-order valence-corrected chi connectivity index (χ3v) is 4.25. The van der Waals surface area contributed by atoms with Crippen LogP contribution in [-0.2, 0) is 10.5 Å². The molecule has 19 heavy (non-hydrogen) atoms. The molecule has 0 amide bonds. The van der Waals surface area contributed by atoms with E-state index in [1.54, 1.807) is 18.3 Å². The molecule has 3 nitrogen and oxygen atoms in total. The predicted molar refractivity (Wildman–Crippen MR) is 74.7 cm³/mol. The zero-order valence-corrected chi connectivity index (χ0v) is 11.3. The molecule has 100 valence electrons. The average Bonchev–Trinajstić information content (AvgIpc) is 2.38. The van der Waals surface area contributed by atoms with Crippen molar-refractivity contribution >= 4 is 28.6 Å². The number of nitrogens with zero attached hydrogens (tertiary/aromatic N) is 1. The summed E-state index contributed by atoms with van der Waals surface area (Å²) in [4.78, 5) is 15.2. The van der Waals surface area contributed by atoms with Crippen LogP contribution >= 0.6 is 11.8 Å². The lowest BCUT2D eigenvalue weighted by atomic mass is 10.1. The van der Waals surface area contributed by atoms with Gasteiger partial charge in [-0.25, -0.2) is 4.39 Å². The number of hydrogen-bond donors (Lipinski definition) is 1. The van der Waals surface area contributed by atoms with Crippen LogP contribution in [0.4, 0.5) is 4.39 Å². The fourth-order valence-electron chi connectivity index (χ4n) is 1.89. The van der Waals surface area contributed by atoms with E-state index in [-0.39, 0.29) is 5.82 Å². The normalized spacial score (nSPS) is 12.5. The second-order valence-corrected chi connectivity index (χ2v) is 5.38. The van der Waals surface area contributed by atoms with Crippen LogP contribution in [0, 0.1) is 5.82 Å². The van der Waals surface area contributed by atoms with E-state index in [1.165, 1.54) is 23.9 Å². The molecule has 0 spiro atoms. The fraction of sp³-hybridized carbons (Fsp3) is 0.286. The van der Waals surface area contributed by atoms with E-state index < -0.39 is 11.2 Å². The standard InChI is InChI=1S/C14H14FNO2S/c1-2-12(14(17)18)19-8-10-7-11(15)6-9-4-3-5-16-13(9)10/h3-7,12H,2,8H2,1H3,(H,17,18). The van der Waals surface area contributed by atoms with Crippen molar-refractivity contribution in [3.63, 3.8) is 0 Å². The summed E-state index contributed by atoms with van der Waals surface area (Å²) >= 11 is 1.30. The molecular formula is C14H14FNO2S. The molecule has 1 unspecified atom stereocenters. The van der Waals surface area contributed by atoms with E-state index in [0.717, 1.165) is 16.5 Å². The molecule has 0 aliphatic rings. The largest absolute Gasteiger partial charge is 0.480 e. The zero-order valence-electron chi connectivity index (χ0n) is 10.5. The summed E-state index contributed by atoms with van der Waals surface area (Å²) in [5.41, 5.74) is 1.47. The van der Waals surface area contributed by atoms with Crippen molar-refractivity contribution in [2.24, 2.45) is 0 Å². The molecule has 0 aliphatic carbocycles. The second kappa shape index (κ2) is 6.02. The summed E-state index contributed by atoms with van der Waals surface area (Å²) in [6, 6.07) is 6.42. The lowest BCUT2D eigenvalue weighted by molar-refractivity contribution is -0.136. The molecule has 2 rings (SSSR count). The molecule has 5 heteroatoms. The van der Waals surface area contributed by atoms with Crippen molar-refractivity contribution in [1.29, 1.82) is 0 Å². The van der Waals surface area contributed by atoms with Gasteiger partial charge in [-0.2, -0.15) is 0 Å². The Morgan fingerprint density at radius 1 is 1.53 bits per heavy atom. The minimum absolute atomic E-state index is 0.320. The van der Waals surface area contributed by atoms with Gasteiger partial charge in [-0.3, -0.25) is 9.78 Å². The summed E-state index contributed by atoms with van der Waals surface area (Å²) < 4.78 is 13.5. The highest BCUT2D eigenvalue weighted by atomic mass is 32.2. The Hall–Kier alpha value is -1.62. The molecule has 0 saturated carbocycles. The highest BCUT2D eigenvalue weighted by molar-refractivity contribution is 7.99. The van der Waals surface area contributed by atoms with Crippen molar-refractivity contribution in [2.75, 3.05) is 0 Å². The number of thioether (sulfide) groups is 1. The Kier molecular flexibility index (Phi) is 4.37. The number of fused-ring (bicyclic) bond motifs is 1. The van der Waals surface area contributed by atoms with E-state index in [4.69, 9.17) is 5.11 Å². The first-order valence-corrected chi connectivity index (χ1v) is 7.04. The topological polar surface area (TPSA) is 50.2 Å². The monoisotopic (exact) mass is 279 g/mol. The molecule has 1 heterocycles. The smallest absolute Gasteiger partial charge is 0.316 e. The number of carbonyl (C=O) groups is 1. The van der Waals surface area contributed by atoms with Gasteiger partial charge in [-0.15, -0.1) is 11.8 Å². The third kappa shape index (κ3) is 3.23. The Labute approximate surface area is 114 Å². The number of halogens is 1. The number of aromatic nitrogens is 1. The molecular weight excluding hydrogens is 265 g/mol. The molecule has 0 radical (unpaired) electrons. The highest BCUT2D eigenvalue weighted by Crippen LogP contribution is 2.26. The highest BCUT2D eigenvalue weighted by Gasteiger charge is 2.16. The van der Waals surface area contributed by atoms with Gasteiger partial charge in [0.1, 0.15) is 11.1 Å². The Balaban J connectivity index is 2.27. The van der Waals surface area contributed by atoms with Gasteiger partial charge in [0.05, 0.1) is 5.52 Å². The van der Waals surface area contributed by atoms with E-state index in [1.807, 2.05) is 6.92 Å². The molecule has 1 aromatic heterocycles. The summed E-state index contributed by atoms with van der Waals surface area (Å²) in [6.45, 7) is 1.83. The number of pyridine rings is 1. The van der Waals surface area contributed by atoms with E-state index >= 15 is 0 Å². The predicted octanol–water partition coefficient (Wildman–Crippen LogP) is 3.47. The molecule has 1 N–H and O–H groups in total. The van der Waals surface area contributed by atoms with E-state index in [2.05, 4.69) is 4.98 Å². The van der Waals surface area contributed by atoms with Gasteiger partial charge in [0.2, 0.25) is 0 Å². The zero-order chi connectivity index (χ0) is 13.8. The maximum absolute atomic E-state index is 13.5. The molecule has 1 atom stereocenters. The number of carboxylic acid groups (broad SMARTS) is 1. The van der Waals surface area contributed by atoms with Crippen molar-refractivity contribution in [2.45, 2.75) is 24.3 Å². The lowest BCUT2D eigenvalue weighted by Crippen LogP contribution is -2.15. The van der Waals surface area contributed by atoms with E-state index in [9.17, 15) is 9.18 Å². The first kappa shape index (κ1) is 13.8. The van der Waals surface area contributed by atoms with Gasteiger partial charge in [-0.1, -0.05) is 13.0 Å². The molecule has 0 bridgehead atoms. The van der Waals surface area contributed by atoms with Gasteiger partial charge >= 0.3 is 5.97 Å².